The molecule has 0 aromatic heterocycles. The van der Waals surface area contributed by atoms with Gasteiger partial charge < -0.3 is 20.9 Å². The monoisotopic (exact) mass is 268 g/mol. The smallest absolute Gasteiger partial charge is 0.317 e. The van der Waals surface area contributed by atoms with Crippen LogP contribution in [0.2, 0.25) is 0 Å². The second-order valence-electron chi connectivity index (χ2n) is 6.41. The first-order chi connectivity index (χ1) is 9.04. The number of urea groups is 1. The molecule has 0 bridgehead atoms. The van der Waals surface area contributed by atoms with E-state index in [0.717, 1.165) is 45.4 Å². The van der Waals surface area contributed by atoms with Crippen molar-refractivity contribution in [2.24, 2.45) is 11.7 Å². The Labute approximate surface area is 116 Å². The number of carbonyl (C=O) groups is 1. The number of nitrogens with zero attached hydrogens (tertiary/aromatic N) is 2. The summed E-state index contributed by atoms with van der Waals surface area (Å²) in [7, 11) is 2.12. The van der Waals surface area contributed by atoms with Crippen LogP contribution >= 0.6 is 0 Å². The molecule has 5 heteroatoms. The molecule has 19 heavy (non-hydrogen) atoms. The zero-order chi connectivity index (χ0) is 13.9. The van der Waals surface area contributed by atoms with Crippen molar-refractivity contribution in [1.29, 1.82) is 0 Å². The molecule has 110 valence electrons. The molecule has 0 aliphatic carbocycles. The maximum absolute atomic E-state index is 12.4. The number of carbonyl (C=O) groups excluding carboxylic acids is 1. The van der Waals surface area contributed by atoms with E-state index in [-0.39, 0.29) is 11.6 Å². The predicted octanol–water partition coefficient (Wildman–Crippen LogP) is 0.851. The summed E-state index contributed by atoms with van der Waals surface area (Å²) in [6.07, 6.45) is 4.26. The summed E-state index contributed by atoms with van der Waals surface area (Å²) in [6.45, 7) is 6.54. The number of amides is 2. The second-order valence-corrected chi connectivity index (χ2v) is 6.41. The van der Waals surface area contributed by atoms with E-state index in [9.17, 15) is 4.79 Å². The number of piperidine rings is 2. The van der Waals surface area contributed by atoms with Crippen molar-refractivity contribution in [2.45, 2.75) is 38.1 Å². The Morgan fingerprint density at radius 3 is 2.63 bits per heavy atom. The lowest BCUT2D eigenvalue weighted by Gasteiger charge is -2.42. The van der Waals surface area contributed by atoms with E-state index < -0.39 is 0 Å². The second kappa shape index (κ2) is 6.09. The van der Waals surface area contributed by atoms with Crippen LogP contribution in [0.1, 0.15) is 32.6 Å². The summed E-state index contributed by atoms with van der Waals surface area (Å²) in [5.74, 6) is 0.616. The van der Waals surface area contributed by atoms with Crippen LogP contribution in [0.4, 0.5) is 4.79 Å². The van der Waals surface area contributed by atoms with Crippen molar-refractivity contribution in [1.82, 2.24) is 15.1 Å². The van der Waals surface area contributed by atoms with Gasteiger partial charge in [0.15, 0.2) is 0 Å². The molecule has 2 amide bonds. The van der Waals surface area contributed by atoms with Crippen LogP contribution in [0.5, 0.6) is 0 Å². The lowest BCUT2D eigenvalue weighted by molar-refractivity contribution is 0.132. The van der Waals surface area contributed by atoms with Gasteiger partial charge in [-0.3, -0.25) is 0 Å². The van der Waals surface area contributed by atoms with Crippen molar-refractivity contribution >= 4 is 6.03 Å². The van der Waals surface area contributed by atoms with Gasteiger partial charge in [0.05, 0.1) is 5.54 Å². The summed E-state index contributed by atoms with van der Waals surface area (Å²) < 4.78 is 0. The van der Waals surface area contributed by atoms with Crippen molar-refractivity contribution < 1.29 is 4.79 Å². The summed E-state index contributed by atoms with van der Waals surface area (Å²) in [4.78, 5) is 16.7. The number of nitrogens with one attached hydrogen (secondary N) is 1. The Morgan fingerprint density at radius 2 is 2.05 bits per heavy atom. The summed E-state index contributed by atoms with van der Waals surface area (Å²) in [6, 6.07) is 0.0848. The van der Waals surface area contributed by atoms with E-state index in [1.165, 1.54) is 6.42 Å². The Kier molecular flexibility index (Phi) is 4.68. The van der Waals surface area contributed by atoms with Crippen molar-refractivity contribution in [2.75, 3.05) is 39.8 Å². The van der Waals surface area contributed by atoms with Crippen LogP contribution in [-0.4, -0.2) is 61.1 Å². The molecule has 3 N–H and O–H groups in total. The van der Waals surface area contributed by atoms with Crippen LogP contribution in [0.25, 0.3) is 0 Å². The largest absolute Gasteiger partial charge is 0.331 e. The molecule has 1 unspecified atom stereocenters. The Balaban J connectivity index is 1.92. The maximum atomic E-state index is 12.4. The fourth-order valence-corrected chi connectivity index (χ4v) is 3.11. The van der Waals surface area contributed by atoms with Gasteiger partial charge in [-0.05, 0) is 38.6 Å². The minimum absolute atomic E-state index is 0.0848. The number of hydrogen-bond donors (Lipinski definition) is 2. The van der Waals surface area contributed by atoms with Gasteiger partial charge in [-0.15, -0.1) is 0 Å². The highest BCUT2D eigenvalue weighted by Crippen LogP contribution is 2.22. The van der Waals surface area contributed by atoms with Gasteiger partial charge in [0, 0.05) is 32.7 Å². The van der Waals surface area contributed by atoms with Crippen molar-refractivity contribution in [3.05, 3.63) is 0 Å². The third-order valence-corrected chi connectivity index (χ3v) is 4.65. The van der Waals surface area contributed by atoms with Crippen LogP contribution in [-0.2, 0) is 0 Å². The van der Waals surface area contributed by atoms with E-state index in [1.54, 1.807) is 0 Å². The summed E-state index contributed by atoms with van der Waals surface area (Å²) >= 11 is 0. The first kappa shape index (κ1) is 14.6. The van der Waals surface area contributed by atoms with E-state index in [1.807, 2.05) is 4.90 Å². The molecule has 0 spiro atoms. The molecule has 0 radical (unpaired) electrons. The van der Waals surface area contributed by atoms with E-state index in [2.05, 4.69) is 24.2 Å². The number of likely N-dealkylation sites (tertiary alicyclic amines) is 2. The predicted molar refractivity (Wildman–Crippen MR) is 77.0 cm³/mol. The molecule has 1 atom stereocenters. The number of rotatable bonds is 2. The van der Waals surface area contributed by atoms with Crippen molar-refractivity contribution in [3.63, 3.8) is 0 Å². The highest BCUT2D eigenvalue weighted by molar-refractivity contribution is 5.75. The minimum Gasteiger partial charge on any atom is -0.331 e. The summed E-state index contributed by atoms with van der Waals surface area (Å²) in [5.41, 5.74) is 5.75. The number of hydrogen-bond acceptors (Lipinski definition) is 3. The molecular formula is C14H28N4O. The molecule has 0 aromatic carbocycles. The number of nitrogens with two attached hydrogens (primary N) is 1. The molecule has 5 nitrogen and oxygen atoms in total. The van der Waals surface area contributed by atoms with E-state index >= 15 is 0 Å². The first-order valence-corrected chi connectivity index (χ1v) is 7.50. The standard InChI is InChI=1S/C14H28N4O/c1-12-4-3-7-18(10-12)13(19)16-14(11-15)5-8-17(2)9-6-14/h12H,3-11,15H2,1-2H3,(H,16,19). The molecule has 0 saturated carbocycles. The van der Waals surface area contributed by atoms with Crippen LogP contribution < -0.4 is 11.1 Å². The Hall–Kier alpha value is -0.810. The maximum Gasteiger partial charge on any atom is 0.317 e. The lowest BCUT2D eigenvalue weighted by atomic mass is 9.87. The molecule has 2 saturated heterocycles. The zero-order valence-electron chi connectivity index (χ0n) is 12.3. The minimum atomic E-state index is -0.190. The Morgan fingerprint density at radius 1 is 1.37 bits per heavy atom. The topological polar surface area (TPSA) is 61.6 Å². The van der Waals surface area contributed by atoms with Crippen LogP contribution in [0, 0.1) is 5.92 Å². The van der Waals surface area contributed by atoms with E-state index in [0.29, 0.717) is 12.5 Å². The van der Waals surface area contributed by atoms with Gasteiger partial charge in [-0.25, -0.2) is 4.79 Å². The van der Waals surface area contributed by atoms with Gasteiger partial charge in [0.2, 0.25) is 0 Å². The van der Waals surface area contributed by atoms with Gasteiger partial charge in [-0.2, -0.15) is 0 Å². The molecule has 0 aromatic rings. The lowest BCUT2D eigenvalue weighted by Crippen LogP contribution is -2.61. The van der Waals surface area contributed by atoms with Gasteiger partial charge in [0.1, 0.15) is 0 Å². The zero-order valence-corrected chi connectivity index (χ0v) is 12.3. The SMILES string of the molecule is CC1CCCN(C(=O)NC2(CN)CCN(C)CC2)C1. The third kappa shape index (κ3) is 3.60. The molecule has 2 aliphatic heterocycles. The average Bonchev–Trinajstić information content (AvgIpc) is 2.42. The molecule has 2 aliphatic rings. The highest BCUT2D eigenvalue weighted by atomic mass is 16.2. The van der Waals surface area contributed by atoms with Crippen LogP contribution in [0.3, 0.4) is 0 Å². The fourth-order valence-electron chi connectivity index (χ4n) is 3.11. The third-order valence-electron chi connectivity index (χ3n) is 4.65. The van der Waals surface area contributed by atoms with Gasteiger partial charge in [-0.1, -0.05) is 6.92 Å². The van der Waals surface area contributed by atoms with E-state index in [4.69, 9.17) is 5.73 Å². The highest BCUT2D eigenvalue weighted by Gasteiger charge is 2.35. The molecule has 2 rings (SSSR count). The summed E-state index contributed by atoms with van der Waals surface area (Å²) in [5, 5.41) is 3.23. The first-order valence-electron chi connectivity index (χ1n) is 7.50. The van der Waals surface area contributed by atoms with Gasteiger partial charge >= 0.3 is 6.03 Å². The normalized spacial score (nSPS) is 28.2. The Bertz CT molecular complexity index is 313. The fraction of sp³-hybridized carbons (Fsp3) is 0.929. The quantitative estimate of drug-likeness (QED) is 0.780. The molecular weight excluding hydrogens is 240 g/mol. The van der Waals surface area contributed by atoms with Crippen LogP contribution in [0.15, 0.2) is 0 Å². The van der Waals surface area contributed by atoms with Gasteiger partial charge in [0.25, 0.3) is 0 Å². The molecule has 2 heterocycles. The van der Waals surface area contributed by atoms with Crippen molar-refractivity contribution in [3.8, 4) is 0 Å². The molecule has 2 fully saturated rings. The average molecular weight is 268 g/mol.